The molecule has 1 saturated heterocycles. The molecule has 0 spiro atoms. The molecule has 1 aliphatic rings. The summed E-state index contributed by atoms with van der Waals surface area (Å²) in [6.45, 7) is 0. The van der Waals surface area contributed by atoms with Crippen LogP contribution in [0.5, 0.6) is 0 Å². The second-order valence-electron chi connectivity index (χ2n) is 1.68. The van der Waals surface area contributed by atoms with E-state index in [-0.39, 0.29) is 0 Å². The summed E-state index contributed by atoms with van der Waals surface area (Å²) in [6.07, 6.45) is 1.65. The van der Waals surface area contributed by atoms with E-state index in [1.54, 1.807) is 0 Å². The van der Waals surface area contributed by atoms with Gasteiger partial charge in [0.25, 0.3) is 0 Å². The van der Waals surface area contributed by atoms with Crippen LogP contribution in [-0.2, 0) is 10.8 Å². The lowest BCUT2D eigenvalue weighted by atomic mass is 10.4. The van der Waals surface area contributed by atoms with Gasteiger partial charge < -0.3 is 5.11 Å². The van der Waals surface area contributed by atoms with Gasteiger partial charge in [-0.15, -0.1) is 0 Å². The lowest BCUT2D eigenvalue weighted by molar-refractivity contribution is 0.255. The van der Waals surface area contributed by atoms with Crippen LogP contribution in [-0.4, -0.2) is 20.5 Å². The van der Waals surface area contributed by atoms with E-state index >= 15 is 0 Å². The van der Waals surface area contributed by atoms with Crippen LogP contribution in [0.4, 0.5) is 0 Å². The second-order valence-corrected chi connectivity index (χ2v) is 3.40. The molecule has 0 amide bonds. The lowest BCUT2D eigenvalue weighted by Gasteiger charge is -1.92. The van der Waals surface area contributed by atoms with Crippen molar-refractivity contribution in [2.24, 2.45) is 0 Å². The van der Waals surface area contributed by atoms with Crippen LogP contribution in [0.1, 0.15) is 12.8 Å². The van der Waals surface area contributed by atoms with Crippen molar-refractivity contribution < 1.29 is 9.32 Å². The molecule has 2 atom stereocenters. The molecule has 2 nitrogen and oxygen atoms in total. The molecule has 0 bridgehead atoms. The highest BCUT2D eigenvalue weighted by Gasteiger charge is 2.18. The van der Waals surface area contributed by atoms with Crippen LogP contribution >= 0.6 is 0 Å². The highest BCUT2D eigenvalue weighted by atomic mass is 32.2. The summed E-state index contributed by atoms with van der Waals surface area (Å²) in [5.41, 5.74) is -0.514. The molecule has 0 aliphatic carbocycles. The van der Waals surface area contributed by atoms with Gasteiger partial charge >= 0.3 is 0 Å². The summed E-state index contributed by atoms with van der Waals surface area (Å²) in [4.78, 5) is 0. The third kappa shape index (κ3) is 1.01. The number of rotatable bonds is 0. The molecule has 1 aliphatic heterocycles. The second kappa shape index (κ2) is 1.92. The molecule has 3 heteroatoms. The Morgan fingerprint density at radius 2 is 2.43 bits per heavy atom. The van der Waals surface area contributed by atoms with E-state index in [0.717, 1.165) is 12.8 Å². The van der Waals surface area contributed by atoms with Gasteiger partial charge in [0.1, 0.15) is 5.44 Å². The van der Waals surface area contributed by atoms with E-state index in [9.17, 15) is 4.21 Å². The maximum Gasteiger partial charge on any atom is 0.129 e. The molecule has 7 heavy (non-hydrogen) atoms. The molecule has 1 heterocycles. The zero-order chi connectivity index (χ0) is 5.28. The third-order valence-corrected chi connectivity index (χ3v) is 2.63. The Bertz CT molecular complexity index is 91.7. The van der Waals surface area contributed by atoms with Crippen molar-refractivity contribution in [2.45, 2.75) is 18.3 Å². The van der Waals surface area contributed by atoms with Crippen molar-refractivity contribution in [1.82, 2.24) is 0 Å². The van der Waals surface area contributed by atoms with Crippen molar-refractivity contribution in [3.8, 4) is 0 Å². The average Bonchev–Trinajstić information content (AvgIpc) is 1.91. The van der Waals surface area contributed by atoms with Gasteiger partial charge in [-0.05, 0) is 12.8 Å². The fourth-order valence-electron chi connectivity index (χ4n) is 0.668. The predicted octanol–water partition coefficient (Wildman–Crippen LogP) is -0.153. The largest absolute Gasteiger partial charge is 0.380 e. The summed E-state index contributed by atoms with van der Waals surface area (Å²) in [5.74, 6) is 0.696. The Morgan fingerprint density at radius 3 is 2.57 bits per heavy atom. The van der Waals surface area contributed by atoms with Crippen molar-refractivity contribution >= 4 is 10.8 Å². The third-order valence-electron chi connectivity index (χ3n) is 1.10. The minimum atomic E-state index is -0.912. The molecular weight excluding hydrogens is 112 g/mol. The van der Waals surface area contributed by atoms with Gasteiger partial charge in [0, 0.05) is 5.75 Å². The highest BCUT2D eigenvalue weighted by Crippen LogP contribution is 2.11. The molecule has 1 N–H and O–H groups in total. The molecule has 42 valence electrons. The first kappa shape index (κ1) is 5.25. The van der Waals surface area contributed by atoms with Crippen LogP contribution < -0.4 is 0 Å². The molecular formula is C4H8O2S. The Kier molecular flexibility index (Phi) is 1.44. The minimum Gasteiger partial charge on any atom is -0.380 e. The predicted molar refractivity (Wildman–Crippen MR) is 28.3 cm³/mol. The average molecular weight is 120 g/mol. The first-order chi connectivity index (χ1) is 3.30. The number of hydrogen-bond donors (Lipinski definition) is 1. The molecule has 1 rings (SSSR count). The SMILES string of the molecule is O=[S@@]1CCC[C@@H]1O. The molecule has 0 radical (unpaired) electrons. The smallest absolute Gasteiger partial charge is 0.129 e. The zero-order valence-corrected chi connectivity index (χ0v) is 4.78. The van der Waals surface area contributed by atoms with Crippen LogP contribution in [0.2, 0.25) is 0 Å². The molecule has 0 saturated carbocycles. The molecule has 1 fully saturated rings. The topological polar surface area (TPSA) is 37.3 Å². The van der Waals surface area contributed by atoms with E-state index in [1.807, 2.05) is 0 Å². The quantitative estimate of drug-likeness (QED) is 0.482. The summed E-state index contributed by atoms with van der Waals surface area (Å²) in [7, 11) is -0.912. The number of aliphatic hydroxyl groups is 1. The van der Waals surface area contributed by atoms with E-state index < -0.39 is 16.2 Å². The molecule has 0 aromatic carbocycles. The first-order valence-electron chi connectivity index (χ1n) is 2.36. The summed E-state index contributed by atoms with van der Waals surface area (Å²) < 4.78 is 10.4. The molecule has 0 aromatic heterocycles. The normalized spacial score (nSPS) is 41.9. The Labute approximate surface area is 45.0 Å². The van der Waals surface area contributed by atoms with Gasteiger partial charge in [0.15, 0.2) is 0 Å². The van der Waals surface area contributed by atoms with E-state index in [0.29, 0.717) is 5.75 Å². The fourth-order valence-corrected chi connectivity index (χ4v) is 1.82. The van der Waals surface area contributed by atoms with Crippen LogP contribution in [0, 0.1) is 0 Å². The number of hydrogen-bond acceptors (Lipinski definition) is 2. The minimum absolute atomic E-state index is 0.514. The van der Waals surface area contributed by atoms with Crippen molar-refractivity contribution in [3.05, 3.63) is 0 Å². The molecule has 0 aromatic rings. The maximum atomic E-state index is 10.4. The lowest BCUT2D eigenvalue weighted by Crippen LogP contribution is -2.05. The van der Waals surface area contributed by atoms with Crippen molar-refractivity contribution in [3.63, 3.8) is 0 Å². The molecule has 0 unspecified atom stereocenters. The standard InChI is InChI=1S/C4H8O2S/c5-4-2-1-3-7(4)6/h4-5H,1-3H2/t4-,7-/m1/s1. The Balaban J connectivity index is 2.48. The summed E-state index contributed by atoms with van der Waals surface area (Å²) in [6, 6.07) is 0. The van der Waals surface area contributed by atoms with Crippen molar-refractivity contribution in [2.75, 3.05) is 5.75 Å². The highest BCUT2D eigenvalue weighted by molar-refractivity contribution is 7.85. The van der Waals surface area contributed by atoms with Gasteiger partial charge in [-0.25, -0.2) is 0 Å². The van der Waals surface area contributed by atoms with Crippen LogP contribution in [0.3, 0.4) is 0 Å². The Hall–Kier alpha value is 0.110. The van der Waals surface area contributed by atoms with Crippen molar-refractivity contribution in [1.29, 1.82) is 0 Å². The first-order valence-corrected chi connectivity index (χ1v) is 3.74. The maximum absolute atomic E-state index is 10.4. The van der Waals surface area contributed by atoms with Gasteiger partial charge in [-0.1, -0.05) is 0 Å². The monoisotopic (exact) mass is 120 g/mol. The number of aliphatic hydroxyl groups excluding tert-OH is 1. The van der Waals surface area contributed by atoms with E-state index in [2.05, 4.69) is 0 Å². The van der Waals surface area contributed by atoms with Gasteiger partial charge in [-0.3, -0.25) is 4.21 Å². The van der Waals surface area contributed by atoms with Crippen LogP contribution in [0.15, 0.2) is 0 Å². The van der Waals surface area contributed by atoms with E-state index in [4.69, 9.17) is 5.11 Å². The zero-order valence-electron chi connectivity index (χ0n) is 3.96. The Morgan fingerprint density at radius 1 is 1.71 bits per heavy atom. The van der Waals surface area contributed by atoms with Gasteiger partial charge in [0.2, 0.25) is 0 Å². The van der Waals surface area contributed by atoms with Gasteiger partial charge in [0.05, 0.1) is 10.8 Å². The summed E-state index contributed by atoms with van der Waals surface area (Å²) >= 11 is 0. The fraction of sp³-hybridized carbons (Fsp3) is 1.00. The van der Waals surface area contributed by atoms with Crippen LogP contribution in [0.25, 0.3) is 0 Å². The van der Waals surface area contributed by atoms with E-state index in [1.165, 1.54) is 0 Å². The van der Waals surface area contributed by atoms with Gasteiger partial charge in [-0.2, -0.15) is 0 Å². The summed E-state index contributed by atoms with van der Waals surface area (Å²) in [5, 5.41) is 8.70.